The van der Waals surface area contributed by atoms with Crippen LogP contribution < -0.4 is 0 Å². The van der Waals surface area contributed by atoms with Crippen LogP contribution in [-0.2, 0) is 25.3 Å². The molecule has 2 aromatic heterocycles. The number of aromatic nitrogens is 2. The molecule has 8 nitrogen and oxygen atoms in total. The Bertz CT molecular complexity index is 757. The first-order valence-corrected chi connectivity index (χ1v) is 6.41. The van der Waals surface area contributed by atoms with Crippen molar-refractivity contribution in [2.24, 2.45) is 14.1 Å². The van der Waals surface area contributed by atoms with Gasteiger partial charge in [0.1, 0.15) is 5.69 Å². The normalized spacial score (nSPS) is 10.5. The molecule has 0 bridgehead atoms. The van der Waals surface area contributed by atoms with E-state index in [2.05, 4.69) is 4.74 Å². The lowest BCUT2D eigenvalue weighted by Crippen LogP contribution is -2.07. The summed E-state index contributed by atoms with van der Waals surface area (Å²) in [5.41, 5.74) is 1.09. The lowest BCUT2D eigenvalue weighted by Gasteiger charge is -2.00. The molecule has 22 heavy (non-hydrogen) atoms. The van der Waals surface area contributed by atoms with Crippen molar-refractivity contribution in [2.45, 2.75) is 6.42 Å². The number of esters is 1. The standard InChI is InChI=1S/C14H15N3O5/c1-15-7-9(4-12(15)14(19)22-3)5-13(18)11-6-10(17(20)21)8-16(11)2/h4,6-8H,5H2,1-3H3. The van der Waals surface area contributed by atoms with Gasteiger partial charge in [0.05, 0.1) is 23.9 Å². The fourth-order valence-corrected chi connectivity index (χ4v) is 2.24. The van der Waals surface area contributed by atoms with Crippen molar-refractivity contribution < 1.29 is 19.2 Å². The van der Waals surface area contributed by atoms with Crippen LogP contribution in [0.5, 0.6) is 0 Å². The summed E-state index contributed by atoms with van der Waals surface area (Å²) >= 11 is 0. The largest absolute Gasteiger partial charge is 0.464 e. The van der Waals surface area contributed by atoms with Crippen LogP contribution in [0.1, 0.15) is 26.5 Å². The SMILES string of the molecule is COC(=O)c1cc(CC(=O)c2cc([N+](=O)[O-])cn2C)cn1C. The monoisotopic (exact) mass is 305 g/mol. The van der Waals surface area contributed by atoms with Crippen LogP contribution in [0.4, 0.5) is 5.69 Å². The van der Waals surface area contributed by atoms with Crippen molar-refractivity contribution >= 4 is 17.4 Å². The number of Topliss-reactive ketones (excluding diaryl/α,β-unsaturated/α-hetero) is 1. The average Bonchev–Trinajstić information content (AvgIpc) is 3.01. The average molecular weight is 305 g/mol. The molecule has 2 rings (SSSR count). The highest BCUT2D eigenvalue weighted by Gasteiger charge is 2.19. The third-order valence-electron chi connectivity index (χ3n) is 3.31. The second kappa shape index (κ2) is 5.84. The molecule has 0 fully saturated rings. The Kier molecular flexibility index (Phi) is 4.11. The minimum absolute atomic E-state index is 0.0415. The van der Waals surface area contributed by atoms with Gasteiger partial charge in [-0.2, -0.15) is 0 Å². The van der Waals surface area contributed by atoms with Crippen molar-refractivity contribution in [1.29, 1.82) is 0 Å². The molecule has 0 saturated carbocycles. The van der Waals surface area contributed by atoms with E-state index in [0.29, 0.717) is 11.3 Å². The molecule has 0 aromatic carbocycles. The summed E-state index contributed by atoms with van der Waals surface area (Å²) in [7, 11) is 4.53. The van der Waals surface area contributed by atoms with Crippen LogP contribution in [0.3, 0.4) is 0 Å². The molecular formula is C14H15N3O5. The number of methoxy groups -OCH3 is 1. The molecule has 0 aliphatic rings. The molecule has 2 heterocycles. The van der Waals surface area contributed by atoms with Crippen LogP contribution >= 0.6 is 0 Å². The first-order valence-electron chi connectivity index (χ1n) is 6.41. The van der Waals surface area contributed by atoms with Gasteiger partial charge in [0.25, 0.3) is 5.69 Å². The Hall–Kier alpha value is -2.90. The van der Waals surface area contributed by atoms with Crippen LogP contribution in [0.15, 0.2) is 24.5 Å². The molecule has 2 aromatic rings. The summed E-state index contributed by atoms with van der Waals surface area (Å²) in [6.45, 7) is 0. The van der Waals surface area contributed by atoms with Crippen molar-refractivity contribution in [2.75, 3.05) is 7.11 Å². The van der Waals surface area contributed by atoms with E-state index in [1.165, 1.54) is 23.9 Å². The number of rotatable bonds is 5. The van der Waals surface area contributed by atoms with Crippen molar-refractivity contribution in [3.05, 3.63) is 51.6 Å². The molecule has 0 aliphatic heterocycles. The molecule has 0 N–H and O–H groups in total. The maximum absolute atomic E-state index is 12.3. The van der Waals surface area contributed by atoms with Crippen LogP contribution in [0.25, 0.3) is 0 Å². The highest BCUT2D eigenvalue weighted by atomic mass is 16.6. The summed E-state index contributed by atoms with van der Waals surface area (Å²) in [4.78, 5) is 34.0. The van der Waals surface area contributed by atoms with E-state index < -0.39 is 10.9 Å². The molecule has 116 valence electrons. The summed E-state index contributed by atoms with van der Waals surface area (Å²) in [5, 5.41) is 10.7. The zero-order chi connectivity index (χ0) is 16.4. The number of ether oxygens (including phenoxy) is 1. The first kappa shape index (κ1) is 15.5. The second-order valence-corrected chi connectivity index (χ2v) is 4.89. The maximum Gasteiger partial charge on any atom is 0.354 e. The zero-order valence-corrected chi connectivity index (χ0v) is 12.4. The van der Waals surface area contributed by atoms with Crippen molar-refractivity contribution in [3.63, 3.8) is 0 Å². The van der Waals surface area contributed by atoms with Gasteiger partial charge in [0.15, 0.2) is 5.78 Å². The van der Waals surface area contributed by atoms with E-state index in [1.807, 2.05) is 0 Å². The van der Waals surface area contributed by atoms with E-state index in [-0.39, 0.29) is 23.6 Å². The fourth-order valence-electron chi connectivity index (χ4n) is 2.24. The zero-order valence-electron chi connectivity index (χ0n) is 12.4. The number of hydrogen-bond acceptors (Lipinski definition) is 5. The molecule has 0 amide bonds. The summed E-state index contributed by atoms with van der Waals surface area (Å²) in [6, 6.07) is 2.81. The highest BCUT2D eigenvalue weighted by Crippen LogP contribution is 2.18. The van der Waals surface area contributed by atoms with E-state index in [4.69, 9.17) is 0 Å². The smallest absolute Gasteiger partial charge is 0.354 e. The van der Waals surface area contributed by atoms with Gasteiger partial charge < -0.3 is 13.9 Å². The van der Waals surface area contributed by atoms with Gasteiger partial charge in [-0.15, -0.1) is 0 Å². The summed E-state index contributed by atoms with van der Waals surface area (Å²) < 4.78 is 7.64. The number of hydrogen-bond donors (Lipinski definition) is 0. The van der Waals surface area contributed by atoms with E-state index in [1.54, 1.807) is 30.9 Å². The summed E-state index contributed by atoms with van der Waals surface area (Å²) in [5.74, 6) is -0.756. The van der Waals surface area contributed by atoms with Gasteiger partial charge in [0.2, 0.25) is 0 Å². The minimum atomic E-state index is -0.547. The Morgan fingerprint density at radius 1 is 1.18 bits per heavy atom. The van der Waals surface area contributed by atoms with Crippen LogP contribution in [-0.4, -0.2) is 32.9 Å². The molecule has 0 radical (unpaired) electrons. The third-order valence-corrected chi connectivity index (χ3v) is 3.31. The predicted octanol–water partition coefficient (Wildman–Crippen LogP) is 1.48. The maximum atomic E-state index is 12.3. The number of aryl methyl sites for hydroxylation is 2. The molecule has 0 atom stereocenters. The van der Waals surface area contributed by atoms with Gasteiger partial charge in [-0.05, 0) is 11.6 Å². The lowest BCUT2D eigenvalue weighted by atomic mass is 10.1. The number of carbonyl (C=O) groups is 2. The fraction of sp³-hybridized carbons (Fsp3) is 0.286. The third kappa shape index (κ3) is 2.90. The van der Waals surface area contributed by atoms with Gasteiger partial charge in [-0.3, -0.25) is 14.9 Å². The lowest BCUT2D eigenvalue weighted by molar-refractivity contribution is -0.384. The second-order valence-electron chi connectivity index (χ2n) is 4.89. The Labute approximate surface area is 126 Å². The molecule has 0 unspecified atom stereocenters. The quantitative estimate of drug-likeness (QED) is 0.361. The van der Waals surface area contributed by atoms with E-state index in [0.717, 1.165) is 0 Å². The molecular weight excluding hydrogens is 290 g/mol. The van der Waals surface area contributed by atoms with Crippen molar-refractivity contribution in [3.8, 4) is 0 Å². The predicted molar refractivity (Wildman–Crippen MR) is 76.9 cm³/mol. The molecule has 0 aliphatic carbocycles. The van der Waals surface area contributed by atoms with Gasteiger partial charge in [-0.1, -0.05) is 0 Å². The number of carbonyl (C=O) groups excluding carboxylic acids is 2. The molecule has 0 saturated heterocycles. The Balaban J connectivity index is 2.22. The highest BCUT2D eigenvalue weighted by molar-refractivity contribution is 5.97. The number of nitro groups is 1. The first-order chi connectivity index (χ1) is 10.3. The van der Waals surface area contributed by atoms with E-state index >= 15 is 0 Å². The van der Waals surface area contributed by atoms with E-state index in [9.17, 15) is 19.7 Å². The molecule has 0 spiro atoms. The van der Waals surface area contributed by atoms with Gasteiger partial charge >= 0.3 is 5.97 Å². The van der Waals surface area contributed by atoms with Crippen LogP contribution in [0.2, 0.25) is 0 Å². The topological polar surface area (TPSA) is 96.4 Å². The van der Waals surface area contributed by atoms with Gasteiger partial charge in [-0.25, -0.2) is 4.79 Å². The number of nitrogens with zero attached hydrogens (tertiary/aromatic N) is 3. The summed E-state index contributed by atoms with van der Waals surface area (Å²) in [6.07, 6.45) is 2.99. The van der Waals surface area contributed by atoms with Crippen molar-refractivity contribution in [1.82, 2.24) is 9.13 Å². The Morgan fingerprint density at radius 3 is 2.36 bits per heavy atom. The Morgan fingerprint density at radius 2 is 1.82 bits per heavy atom. The van der Waals surface area contributed by atoms with Gasteiger partial charge in [0, 0.05) is 32.8 Å². The molecule has 8 heteroatoms. The van der Waals surface area contributed by atoms with Crippen LogP contribution in [0, 0.1) is 10.1 Å². The number of ketones is 1. The minimum Gasteiger partial charge on any atom is -0.464 e.